The van der Waals surface area contributed by atoms with Crippen LogP contribution >= 0.6 is 11.3 Å². The second kappa shape index (κ2) is 10.0. The maximum Gasteiger partial charge on any atom is 0.165 e. The van der Waals surface area contributed by atoms with Crippen molar-refractivity contribution in [1.82, 2.24) is 19.1 Å². The Balaban J connectivity index is 1.24. The number of para-hydroxylation sites is 4. The number of nitrogens with zero attached hydrogens (tertiary/aromatic N) is 4. The van der Waals surface area contributed by atoms with Gasteiger partial charge in [-0.1, -0.05) is 97.1 Å². The number of fused-ring (bicyclic) bond motifs is 4. The van der Waals surface area contributed by atoms with Gasteiger partial charge in [0.1, 0.15) is 5.69 Å². The summed E-state index contributed by atoms with van der Waals surface area (Å²) in [6.07, 6.45) is 0. The van der Waals surface area contributed by atoms with Gasteiger partial charge in [0.15, 0.2) is 5.82 Å². The molecule has 0 radical (unpaired) electrons. The number of benzene rings is 8. The zero-order valence-electron chi connectivity index (χ0n) is 27.2. The van der Waals surface area contributed by atoms with Gasteiger partial charge in [-0.15, -0.1) is 11.3 Å². The van der Waals surface area contributed by atoms with E-state index < -0.39 is 0 Å². The van der Waals surface area contributed by atoms with Crippen molar-refractivity contribution in [3.05, 3.63) is 158 Å². The van der Waals surface area contributed by atoms with Gasteiger partial charge in [0.25, 0.3) is 0 Å². The molecule has 0 saturated heterocycles. The Kier molecular flexibility index (Phi) is 5.35. The van der Waals surface area contributed by atoms with Crippen molar-refractivity contribution >= 4 is 96.9 Å². The van der Waals surface area contributed by atoms with Crippen LogP contribution in [0.1, 0.15) is 0 Å². The van der Waals surface area contributed by atoms with Gasteiger partial charge >= 0.3 is 0 Å². The normalized spacial score (nSPS) is 12.3. The van der Waals surface area contributed by atoms with Gasteiger partial charge in [-0.3, -0.25) is 4.57 Å². The molecule has 0 atom stereocenters. The summed E-state index contributed by atoms with van der Waals surface area (Å²) in [7, 11) is 0. The van der Waals surface area contributed by atoms with Crippen LogP contribution in [0.15, 0.2) is 158 Å². The Morgan fingerprint density at radius 1 is 0.412 bits per heavy atom. The predicted molar refractivity (Wildman–Crippen MR) is 215 cm³/mol. The lowest BCUT2D eigenvalue weighted by molar-refractivity contribution is 1.08. The Morgan fingerprint density at radius 2 is 1.04 bits per heavy atom. The largest absolute Gasteiger partial charge is 0.309 e. The monoisotopic (exact) mass is 666 g/mol. The molecule has 0 bridgehead atoms. The molecule has 12 aromatic rings. The molecular weight excluding hydrogens is 641 g/mol. The van der Waals surface area contributed by atoms with Gasteiger partial charge < -0.3 is 4.57 Å². The predicted octanol–water partition coefficient (Wildman–Crippen LogP) is 12.4. The molecule has 0 fully saturated rings. The first kappa shape index (κ1) is 27.3. The Morgan fingerprint density at radius 3 is 1.76 bits per heavy atom. The van der Waals surface area contributed by atoms with Crippen molar-refractivity contribution in [2.24, 2.45) is 0 Å². The van der Waals surface area contributed by atoms with Crippen LogP contribution in [0.25, 0.3) is 108 Å². The van der Waals surface area contributed by atoms with E-state index in [-0.39, 0.29) is 0 Å². The molecule has 4 aromatic heterocycles. The summed E-state index contributed by atoms with van der Waals surface area (Å²) in [6.45, 7) is 0. The minimum atomic E-state index is 0.831. The molecule has 236 valence electrons. The molecule has 0 unspecified atom stereocenters. The highest BCUT2D eigenvalue weighted by atomic mass is 32.1. The van der Waals surface area contributed by atoms with Crippen molar-refractivity contribution in [3.8, 4) is 22.8 Å². The molecule has 0 amide bonds. The smallest absolute Gasteiger partial charge is 0.165 e. The van der Waals surface area contributed by atoms with E-state index in [0.717, 1.165) is 50.3 Å². The molecule has 0 spiro atoms. The molecule has 0 aliphatic rings. The lowest BCUT2D eigenvalue weighted by atomic mass is 10.00. The Hall–Kier alpha value is -6.56. The zero-order chi connectivity index (χ0) is 33.2. The molecular formula is C46H26N4S. The molecule has 0 aliphatic carbocycles. The maximum absolute atomic E-state index is 5.48. The summed E-state index contributed by atoms with van der Waals surface area (Å²) < 4.78 is 7.31. The number of rotatable bonds is 3. The molecule has 12 rings (SSSR count). The van der Waals surface area contributed by atoms with E-state index in [9.17, 15) is 0 Å². The number of hydrogen-bond donors (Lipinski definition) is 0. The van der Waals surface area contributed by atoms with E-state index in [2.05, 4.69) is 155 Å². The fraction of sp³-hybridized carbons (Fsp3) is 0. The van der Waals surface area contributed by atoms with Gasteiger partial charge in [-0.05, 0) is 71.4 Å². The summed E-state index contributed by atoms with van der Waals surface area (Å²) in [5, 5.41) is 10.1. The third-order valence-corrected chi connectivity index (χ3v) is 11.8. The van der Waals surface area contributed by atoms with E-state index in [0.29, 0.717) is 0 Å². The van der Waals surface area contributed by atoms with Gasteiger partial charge in [-0.2, -0.15) is 0 Å². The highest BCUT2D eigenvalue weighted by molar-refractivity contribution is 7.24. The van der Waals surface area contributed by atoms with Gasteiger partial charge in [0.2, 0.25) is 0 Å². The molecule has 4 heterocycles. The maximum atomic E-state index is 5.48. The zero-order valence-corrected chi connectivity index (χ0v) is 28.0. The fourth-order valence-electron chi connectivity index (χ4n) is 8.51. The van der Waals surface area contributed by atoms with E-state index >= 15 is 0 Å². The first-order valence-electron chi connectivity index (χ1n) is 17.3. The average molecular weight is 667 g/mol. The van der Waals surface area contributed by atoms with E-state index in [1.807, 2.05) is 23.5 Å². The summed E-state index contributed by atoms with van der Waals surface area (Å²) >= 11 is 1.88. The topological polar surface area (TPSA) is 35.6 Å². The van der Waals surface area contributed by atoms with Gasteiger partial charge in [0.05, 0.1) is 33.1 Å². The highest BCUT2D eigenvalue weighted by Gasteiger charge is 2.24. The van der Waals surface area contributed by atoms with E-state index in [4.69, 9.17) is 9.97 Å². The molecule has 5 heteroatoms. The van der Waals surface area contributed by atoms with Crippen LogP contribution in [0.2, 0.25) is 0 Å². The SMILES string of the molecule is c1ccc(-n2c3ccccc3c3ccc(-c4nc5ccccc5nc4-n4c5ccc6cccc7sc8cccc9ccc4c(c98)c5c67)cc32)cc1. The summed E-state index contributed by atoms with van der Waals surface area (Å²) in [6, 6.07) is 56.8. The van der Waals surface area contributed by atoms with E-state index in [1.165, 1.54) is 58.0 Å². The molecule has 8 aromatic carbocycles. The highest BCUT2D eigenvalue weighted by Crippen LogP contribution is 2.47. The van der Waals surface area contributed by atoms with Crippen molar-refractivity contribution < 1.29 is 0 Å². The standard InChI is InChI=1S/C46H26N4S/c1-2-12-30(13-3-1)49-35-17-7-4-14-31(35)32-23-20-29(26-38(32)49)45-46(48-34-16-6-5-15-33(34)47-45)50-36-24-21-27-10-8-18-39-41(27)43(36)44-37(50)25-22-28-11-9-19-40(51-39)42(28)44/h1-26H. The van der Waals surface area contributed by atoms with Crippen LogP contribution in [0, 0.1) is 0 Å². The molecule has 4 nitrogen and oxygen atoms in total. The summed E-state index contributed by atoms with van der Waals surface area (Å²) in [5.74, 6) is 0.831. The Bertz CT molecular complexity index is 3260. The third kappa shape index (κ3) is 3.68. The molecule has 0 aliphatic heterocycles. The molecule has 0 saturated carbocycles. The van der Waals surface area contributed by atoms with Crippen LogP contribution in [-0.2, 0) is 0 Å². The van der Waals surface area contributed by atoms with Crippen LogP contribution in [0.4, 0.5) is 0 Å². The van der Waals surface area contributed by atoms with Crippen molar-refractivity contribution in [1.29, 1.82) is 0 Å². The van der Waals surface area contributed by atoms with Crippen LogP contribution in [-0.4, -0.2) is 19.1 Å². The second-order valence-corrected chi connectivity index (χ2v) is 14.5. The second-order valence-electron chi connectivity index (χ2n) is 13.4. The van der Waals surface area contributed by atoms with Crippen molar-refractivity contribution in [2.75, 3.05) is 0 Å². The van der Waals surface area contributed by atoms with Gasteiger partial charge in [-0.25, -0.2) is 9.97 Å². The van der Waals surface area contributed by atoms with Crippen LogP contribution in [0.3, 0.4) is 0 Å². The van der Waals surface area contributed by atoms with Crippen molar-refractivity contribution in [2.45, 2.75) is 0 Å². The van der Waals surface area contributed by atoms with Crippen LogP contribution < -0.4 is 0 Å². The number of aromatic nitrogens is 4. The minimum absolute atomic E-state index is 0.831. The lowest BCUT2D eigenvalue weighted by Gasteiger charge is -2.15. The quantitative estimate of drug-likeness (QED) is 0.188. The Labute approximate surface area is 295 Å². The average Bonchev–Trinajstić information content (AvgIpc) is 3.65. The molecule has 0 N–H and O–H groups in total. The van der Waals surface area contributed by atoms with Gasteiger partial charge in [0, 0.05) is 53.0 Å². The summed E-state index contributed by atoms with van der Waals surface area (Å²) in [5.41, 5.74) is 9.35. The van der Waals surface area contributed by atoms with Crippen LogP contribution in [0.5, 0.6) is 0 Å². The molecule has 51 heavy (non-hydrogen) atoms. The lowest BCUT2D eigenvalue weighted by Crippen LogP contribution is -2.04. The summed E-state index contributed by atoms with van der Waals surface area (Å²) in [4.78, 5) is 10.9. The minimum Gasteiger partial charge on any atom is -0.309 e. The fourth-order valence-corrected chi connectivity index (χ4v) is 9.68. The third-order valence-electron chi connectivity index (χ3n) is 10.6. The number of hydrogen-bond acceptors (Lipinski definition) is 3. The first-order valence-corrected chi connectivity index (χ1v) is 18.1. The van der Waals surface area contributed by atoms with E-state index in [1.54, 1.807) is 0 Å². The first-order chi connectivity index (χ1) is 25.3. The van der Waals surface area contributed by atoms with Crippen molar-refractivity contribution in [3.63, 3.8) is 0 Å².